The topological polar surface area (TPSA) is 66.9 Å². The normalized spacial score (nSPS) is 16.0. The van der Waals surface area contributed by atoms with Gasteiger partial charge in [-0.25, -0.2) is 4.98 Å². The van der Waals surface area contributed by atoms with Gasteiger partial charge in [0.1, 0.15) is 11.5 Å². The first-order chi connectivity index (χ1) is 9.57. The number of hydrogen-bond acceptors (Lipinski definition) is 4. The third-order valence-corrected chi connectivity index (χ3v) is 4.14. The second-order valence-electron chi connectivity index (χ2n) is 5.92. The maximum Gasteiger partial charge on any atom is 0.271 e. The summed E-state index contributed by atoms with van der Waals surface area (Å²) in [4.78, 5) is 20.5. The molecule has 2 rings (SSSR count). The first-order valence-electron chi connectivity index (χ1n) is 7.41. The third-order valence-electron chi connectivity index (χ3n) is 4.14. The van der Waals surface area contributed by atoms with E-state index >= 15 is 0 Å². The first kappa shape index (κ1) is 14.8. The van der Waals surface area contributed by atoms with Crippen LogP contribution < -0.4 is 10.6 Å². The van der Waals surface area contributed by atoms with Crippen molar-refractivity contribution in [1.82, 2.24) is 15.3 Å². The molecule has 1 aromatic rings. The molecule has 1 aliphatic rings. The molecular weight excluding hydrogens is 252 g/mol. The number of carbonyl (C=O) groups is 1. The van der Waals surface area contributed by atoms with E-state index in [1.807, 2.05) is 0 Å². The van der Waals surface area contributed by atoms with Crippen molar-refractivity contribution in [2.75, 3.05) is 18.4 Å². The van der Waals surface area contributed by atoms with Crippen molar-refractivity contribution >= 4 is 11.7 Å². The number of carbonyl (C=O) groups excluding carboxylic acids is 1. The fourth-order valence-electron chi connectivity index (χ4n) is 2.28. The lowest BCUT2D eigenvalue weighted by Gasteiger charge is -2.19. The summed E-state index contributed by atoms with van der Waals surface area (Å²) in [6.45, 7) is 8.08. The van der Waals surface area contributed by atoms with Crippen molar-refractivity contribution in [2.45, 2.75) is 40.0 Å². The average Bonchev–Trinajstić information content (AvgIpc) is 3.24. The van der Waals surface area contributed by atoms with E-state index in [1.165, 1.54) is 19.0 Å². The van der Waals surface area contributed by atoms with E-state index in [4.69, 9.17) is 0 Å². The summed E-state index contributed by atoms with van der Waals surface area (Å²) in [5.74, 6) is 1.13. The molecule has 110 valence electrons. The van der Waals surface area contributed by atoms with Crippen LogP contribution in [0.4, 0.5) is 5.82 Å². The van der Waals surface area contributed by atoms with Crippen LogP contribution >= 0.6 is 0 Å². The molecular formula is C15H24N4O. The van der Waals surface area contributed by atoms with E-state index in [2.05, 4.69) is 41.4 Å². The quantitative estimate of drug-likeness (QED) is 0.803. The predicted octanol–water partition coefficient (Wildman–Crippen LogP) is 2.46. The lowest BCUT2D eigenvalue weighted by Crippen LogP contribution is -2.33. The number of nitrogens with one attached hydrogen (secondary N) is 2. The highest BCUT2D eigenvalue weighted by Gasteiger charge is 2.45. The number of aromatic nitrogens is 2. The van der Waals surface area contributed by atoms with Crippen LogP contribution in [-0.4, -0.2) is 29.0 Å². The van der Waals surface area contributed by atoms with Crippen molar-refractivity contribution in [3.05, 3.63) is 18.1 Å². The molecule has 1 saturated carbocycles. The number of hydrogen-bond donors (Lipinski definition) is 2. The molecule has 0 aliphatic heterocycles. The molecule has 0 radical (unpaired) electrons. The molecule has 1 aromatic heterocycles. The van der Waals surface area contributed by atoms with Gasteiger partial charge in [0.25, 0.3) is 5.91 Å². The fourth-order valence-corrected chi connectivity index (χ4v) is 2.28. The van der Waals surface area contributed by atoms with Crippen LogP contribution in [0.25, 0.3) is 0 Å². The summed E-state index contributed by atoms with van der Waals surface area (Å²) in [6, 6.07) is 0. The Kier molecular flexibility index (Phi) is 4.57. The molecule has 1 aliphatic carbocycles. The maximum absolute atomic E-state index is 12.1. The van der Waals surface area contributed by atoms with Gasteiger partial charge in [0.2, 0.25) is 0 Å². The second kappa shape index (κ2) is 6.20. The standard InChI is InChI=1S/C15H24N4O/c1-4-7-17-13-9-16-8-12(19-13)14(20)18-10-15(5-6-15)11(2)3/h8-9,11H,4-7,10H2,1-3H3,(H,17,19)(H,18,20). The zero-order valence-corrected chi connectivity index (χ0v) is 12.6. The Labute approximate surface area is 120 Å². The molecule has 0 saturated heterocycles. The minimum absolute atomic E-state index is 0.135. The minimum Gasteiger partial charge on any atom is -0.369 e. The molecule has 0 bridgehead atoms. The number of amides is 1. The van der Waals surface area contributed by atoms with E-state index in [9.17, 15) is 4.79 Å². The Morgan fingerprint density at radius 3 is 2.75 bits per heavy atom. The van der Waals surface area contributed by atoms with Gasteiger partial charge in [-0.15, -0.1) is 0 Å². The Bertz CT molecular complexity index is 469. The third kappa shape index (κ3) is 3.46. The number of rotatable bonds is 7. The van der Waals surface area contributed by atoms with E-state index in [1.54, 1.807) is 6.20 Å². The maximum atomic E-state index is 12.1. The van der Waals surface area contributed by atoms with E-state index in [-0.39, 0.29) is 5.91 Å². The van der Waals surface area contributed by atoms with Crippen LogP contribution in [-0.2, 0) is 0 Å². The second-order valence-corrected chi connectivity index (χ2v) is 5.92. The summed E-state index contributed by atoms with van der Waals surface area (Å²) in [5, 5.41) is 6.14. The predicted molar refractivity (Wildman–Crippen MR) is 79.7 cm³/mol. The van der Waals surface area contributed by atoms with E-state index in [0.29, 0.717) is 22.8 Å². The highest BCUT2D eigenvalue weighted by molar-refractivity contribution is 5.92. The van der Waals surface area contributed by atoms with Gasteiger partial charge in [0.05, 0.1) is 12.4 Å². The zero-order valence-electron chi connectivity index (χ0n) is 12.6. The monoisotopic (exact) mass is 276 g/mol. The van der Waals surface area contributed by atoms with Gasteiger partial charge in [-0.2, -0.15) is 0 Å². The van der Waals surface area contributed by atoms with Gasteiger partial charge in [0, 0.05) is 13.1 Å². The van der Waals surface area contributed by atoms with Gasteiger partial charge < -0.3 is 10.6 Å². The summed E-state index contributed by atoms with van der Waals surface area (Å²) in [6.07, 6.45) is 6.57. The van der Waals surface area contributed by atoms with Gasteiger partial charge in [-0.05, 0) is 30.6 Å². The van der Waals surface area contributed by atoms with Crippen molar-refractivity contribution in [3.8, 4) is 0 Å². The summed E-state index contributed by atoms with van der Waals surface area (Å²) in [7, 11) is 0. The van der Waals surface area contributed by atoms with Crippen LogP contribution in [0.3, 0.4) is 0 Å². The highest BCUT2D eigenvalue weighted by atomic mass is 16.1. The Balaban J connectivity index is 1.92. The van der Waals surface area contributed by atoms with Crippen molar-refractivity contribution in [2.24, 2.45) is 11.3 Å². The summed E-state index contributed by atoms with van der Waals surface area (Å²) >= 11 is 0. The fraction of sp³-hybridized carbons (Fsp3) is 0.667. The molecule has 0 unspecified atom stereocenters. The lowest BCUT2D eigenvalue weighted by molar-refractivity contribution is 0.0934. The van der Waals surface area contributed by atoms with Crippen LogP contribution in [0, 0.1) is 11.3 Å². The summed E-state index contributed by atoms with van der Waals surface area (Å²) < 4.78 is 0. The molecule has 1 fully saturated rings. The van der Waals surface area contributed by atoms with Crippen LogP contribution in [0.1, 0.15) is 50.5 Å². The summed E-state index contributed by atoms with van der Waals surface area (Å²) in [5.41, 5.74) is 0.687. The van der Waals surface area contributed by atoms with Crippen LogP contribution in [0.2, 0.25) is 0 Å². The molecule has 5 nitrogen and oxygen atoms in total. The Morgan fingerprint density at radius 2 is 2.15 bits per heavy atom. The van der Waals surface area contributed by atoms with Crippen molar-refractivity contribution in [3.63, 3.8) is 0 Å². The average molecular weight is 276 g/mol. The molecule has 0 spiro atoms. The molecule has 0 atom stereocenters. The van der Waals surface area contributed by atoms with Crippen LogP contribution in [0.15, 0.2) is 12.4 Å². The highest BCUT2D eigenvalue weighted by Crippen LogP contribution is 2.51. The van der Waals surface area contributed by atoms with Gasteiger partial charge in [0.15, 0.2) is 0 Å². The van der Waals surface area contributed by atoms with Gasteiger partial charge in [-0.1, -0.05) is 20.8 Å². The number of anilines is 1. The lowest BCUT2D eigenvalue weighted by atomic mass is 9.92. The van der Waals surface area contributed by atoms with Crippen molar-refractivity contribution < 1.29 is 4.79 Å². The van der Waals surface area contributed by atoms with Crippen molar-refractivity contribution in [1.29, 1.82) is 0 Å². The molecule has 2 N–H and O–H groups in total. The molecule has 1 amide bonds. The van der Waals surface area contributed by atoms with Gasteiger partial charge in [-0.3, -0.25) is 9.78 Å². The van der Waals surface area contributed by atoms with E-state index < -0.39 is 0 Å². The first-order valence-corrected chi connectivity index (χ1v) is 7.41. The molecule has 0 aromatic carbocycles. The Morgan fingerprint density at radius 1 is 1.40 bits per heavy atom. The molecule has 1 heterocycles. The smallest absolute Gasteiger partial charge is 0.271 e. The number of nitrogens with zero attached hydrogens (tertiary/aromatic N) is 2. The van der Waals surface area contributed by atoms with E-state index in [0.717, 1.165) is 19.5 Å². The van der Waals surface area contributed by atoms with Crippen LogP contribution in [0.5, 0.6) is 0 Å². The minimum atomic E-state index is -0.135. The molecule has 5 heteroatoms. The van der Waals surface area contributed by atoms with Gasteiger partial charge >= 0.3 is 0 Å². The SMILES string of the molecule is CCCNc1cncc(C(=O)NCC2(C(C)C)CC2)n1. The largest absolute Gasteiger partial charge is 0.369 e. The Hall–Kier alpha value is -1.65. The zero-order chi connectivity index (χ0) is 14.6. The molecule has 20 heavy (non-hydrogen) atoms.